The van der Waals surface area contributed by atoms with Gasteiger partial charge in [-0.15, -0.1) is 0 Å². The molecule has 0 radical (unpaired) electrons. The first-order valence-electron chi connectivity index (χ1n) is 5.55. The van der Waals surface area contributed by atoms with Gasteiger partial charge in [-0.05, 0) is 13.1 Å². The predicted molar refractivity (Wildman–Crippen MR) is 63.3 cm³/mol. The second-order valence-corrected chi connectivity index (χ2v) is 3.70. The third kappa shape index (κ3) is 5.35. The summed E-state index contributed by atoms with van der Waals surface area (Å²) in [6.45, 7) is -1.33. The van der Waals surface area contributed by atoms with E-state index in [1.165, 1.54) is 7.11 Å². The van der Waals surface area contributed by atoms with Gasteiger partial charge in [0.05, 0.1) is 7.11 Å². The van der Waals surface area contributed by atoms with E-state index in [9.17, 15) is 13.2 Å². The Morgan fingerprint density at radius 2 is 2.00 bits per heavy atom. The quantitative estimate of drug-likeness (QED) is 0.614. The van der Waals surface area contributed by atoms with Crippen LogP contribution in [-0.2, 0) is 11.3 Å². The number of halogens is 3. The highest BCUT2D eigenvalue weighted by molar-refractivity contribution is 5.46. The fraction of sp³-hybridized carbons (Fsp3) is 0.500. The number of hydrogen-bond acceptors (Lipinski definition) is 4. The van der Waals surface area contributed by atoms with E-state index >= 15 is 0 Å². The minimum Gasteiger partial charge on any atom is -0.493 e. The van der Waals surface area contributed by atoms with Gasteiger partial charge in [-0.2, -0.15) is 13.2 Å². The average molecular weight is 279 g/mol. The summed E-state index contributed by atoms with van der Waals surface area (Å²) in [5.41, 5.74) is 0.775. The first-order valence-corrected chi connectivity index (χ1v) is 5.55. The summed E-state index contributed by atoms with van der Waals surface area (Å²) >= 11 is 0. The van der Waals surface area contributed by atoms with Crippen LogP contribution >= 0.6 is 0 Å². The maximum atomic E-state index is 11.9. The first kappa shape index (κ1) is 15.6. The topological polar surface area (TPSA) is 39.7 Å². The van der Waals surface area contributed by atoms with E-state index in [0.717, 1.165) is 5.56 Å². The van der Waals surface area contributed by atoms with E-state index in [0.29, 0.717) is 18.0 Å². The number of hydrogen-bond donors (Lipinski definition) is 1. The minimum absolute atomic E-state index is 0.376. The standard InChI is InChI=1S/C12H16F3NO3/c1-16-6-9-4-3-5-10(17-2)11(9)19-8-18-7-12(13,14)15/h3-5,16H,6-8H2,1-2H3. The lowest BCUT2D eigenvalue weighted by molar-refractivity contribution is -0.186. The van der Waals surface area contributed by atoms with E-state index in [1.807, 2.05) is 0 Å². The minimum atomic E-state index is -4.36. The van der Waals surface area contributed by atoms with Gasteiger partial charge >= 0.3 is 6.18 Å². The molecular weight excluding hydrogens is 263 g/mol. The number of ether oxygens (including phenoxy) is 3. The normalized spacial score (nSPS) is 11.4. The van der Waals surface area contributed by atoms with Crippen molar-refractivity contribution in [1.82, 2.24) is 5.32 Å². The molecule has 1 aromatic rings. The molecule has 108 valence electrons. The molecule has 19 heavy (non-hydrogen) atoms. The highest BCUT2D eigenvalue weighted by Crippen LogP contribution is 2.31. The van der Waals surface area contributed by atoms with Crippen molar-refractivity contribution in [2.75, 3.05) is 27.6 Å². The molecule has 0 atom stereocenters. The second kappa shape index (κ2) is 7.20. The zero-order valence-electron chi connectivity index (χ0n) is 10.7. The summed E-state index contributed by atoms with van der Waals surface area (Å²) in [6, 6.07) is 5.23. The Hall–Kier alpha value is -1.47. The Morgan fingerprint density at radius 1 is 1.26 bits per heavy atom. The van der Waals surface area contributed by atoms with Crippen LogP contribution < -0.4 is 14.8 Å². The molecule has 0 aromatic heterocycles. The van der Waals surface area contributed by atoms with Gasteiger partial charge < -0.3 is 19.5 Å². The lowest BCUT2D eigenvalue weighted by Crippen LogP contribution is -2.19. The number of para-hydroxylation sites is 1. The molecule has 0 aliphatic carbocycles. The molecule has 0 spiro atoms. The third-order valence-corrected chi connectivity index (χ3v) is 2.20. The Balaban J connectivity index is 2.64. The number of methoxy groups -OCH3 is 1. The molecule has 0 unspecified atom stereocenters. The number of benzene rings is 1. The molecule has 1 rings (SSSR count). The van der Waals surface area contributed by atoms with Crippen LogP contribution in [0.5, 0.6) is 11.5 Å². The summed E-state index contributed by atoms with van der Waals surface area (Å²) in [5, 5.41) is 2.93. The van der Waals surface area contributed by atoms with Crippen LogP contribution in [-0.4, -0.2) is 33.7 Å². The van der Waals surface area contributed by atoms with Crippen LogP contribution in [0.15, 0.2) is 18.2 Å². The lowest BCUT2D eigenvalue weighted by atomic mass is 10.2. The van der Waals surface area contributed by atoms with Gasteiger partial charge in [0.1, 0.15) is 6.61 Å². The van der Waals surface area contributed by atoms with Crippen LogP contribution in [0, 0.1) is 0 Å². The molecule has 0 saturated heterocycles. The van der Waals surface area contributed by atoms with Gasteiger partial charge in [-0.1, -0.05) is 12.1 Å². The Labute approximate surface area is 109 Å². The number of rotatable bonds is 7. The smallest absolute Gasteiger partial charge is 0.411 e. The summed E-state index contributed by atoms with van der Waals surface area (Å²) < 4.78 is 50.5. The van der Waals surface area contributed by atoms with Gasteiger partial charge in [0.25, 0.3) is 0 Å². The molecule has 1 N–H and O–H groups in total. The lowest BCUT2D eigenvalue weighted by Gasteiger charge is -2.15. The van der Waals surface area contributed by atoms with Crippen molar-refractivity contribution in [3.05, 3.63) is 23.8 Å². The third-order valence-electron chi connectivity index (χ3n) is 2.20. The molecule has 0 amide bonds. The van der Waals surface area contributed by atoms with Gasteiger partial charge in [0.15, 0.2) is 18.3 Å². The summed E-state index contributed by atoms with van der Waals surface area (Å²) in [6.07, 6.45) is -4.36. The van der Waals surface area contributed by atoms with Gasteiger partial charge in [-0.3, -0.25) is 0 Å². The van der Waals surface area contributed by atoms with Crippen molar-refractivity contribution in [2.45, 2.75) is 12.7 Å². The van der Waals surface area contributed by atoms with Gasteiger partial charge in [0.2, 0.25) is 0 Å². The van der Waals surface area contributed by atoms with Gasteiger partial charge in [0, 0.05) is 12.1 Å². The molecule has 0 heterocycles. The van der Waals surface area contributed by atoms with Crippen LogP contribution in [0.4, 0.5) is 13.2 Å². The number of alkyl halides is 3. The molecular formula is C12H16F3NO3. The largest absolute Gasteiger partial charge is 0.493 e. The van der Waals surface area contributed by atoms with Crippen molar-refractivity contribution in [1.29, 1.82) is 0 Å². The fourth-order valence-electron chi connectivity index (χ4n) is 1.47. The zero-order chi connectivity index (χ0) is 14.3. The maximum absolute atomic E-state index is 11.9. The van der Waals surface area contributed by atoms with Crippen molar-refractivity contribution >= 4 is 0 Å². The SMILES string of the molecule is CNCc1cccc(OC)c1OCOCC(F)(F)F. The predicted octanol–water partition coefficient (Wildman–Crippen LogP) is 2.33. The molecule has 0 fully saturated rings. The highest BCUT2D eigenvalue weighted by atomic mass is 19.4. The van der Waals surface area contributed by atoms with E-state index in [-0.39, 0.29) is 0 Å². The molecule has 0 aliphatic rings. The second-order valence-electron chi connectivity index (χ2n) is 3.70. The Kier molecular flexibility index (Phi) is 5.91. The fourth-order valence-corrected chi connectivity index (χ4v) is 1.47. The van der Waals surface area contributed by atoms with E-state index in [1.54, 1.807) is 25.2 Å². The van der Waals surface area contributed by atoms with E-state index < -0.39 is 19.6 Å². The summed E-state index contributed by atoms with van der Waals surface area (Å²) in [7, 11) is 3.21. The highest BCUT2D eigenvalue weighted by Gasteiger charge is 2.27. The summed E-state index contributed by atoms with van der Waals surface area (Å²) in [5.74, 6) is 0.824. The van der Waals surface area contributed by atoms with Crippen LogP contribution in [0.2, 0.25) is 0 Å². The number of nitrogens with one attached hydrogen (secondary N) is 1. The Morgan fingerprint density at radius 3 is 2.58 bits per heavy atom. The molecule has 7 heteroatoms. The van der Waals surface area contributed by atoms with Crippen molar-refractivity contribution in [2.24, 2.45) is 0 Å². The van der Waals surface area contributed by atoms with Crippen LogP contribution in [0.3, 0.4) is 0 Å². The van der Waals surface area contributed by atoms with Crippen molar-refractivity contribution < 1.29 is 27.4 Å². The van der Waals surface area contributed by atoms with Crippen molar-refractivity contribution in [3.8, 4) is 11.5 Å². The molecule has 1 aromatic carbocycles. The van der Waals surface area contributed by atoms with Gasteiger partial charge in [-0.25, -0.2) is 0 Å². The van der Waals surface area contributed by atoms with Crippen molar-refractivity contribution in [3.63, 3.8) is 0 Å². The Bertz CT molecular complexity index is 396. The molecule has 4 nitrogen and oxygen atoms in total. The molecule has 0 saturated carbocycles. The van der Waals surface area contributed by atoms with E-state index in [4.69, 9.17) is 9.47 Å². The van der Waals surface area contributed by atoms with Crippen LogP contribution in [0.1, 0.15) is 5.56 Å². The summed E-state index contributed by atoms with van der Waals surface area (Å²) in [4.78, 5) is 0. The van der Waals surface area contributed by atoms with E-state index in [2.05, 4.69) is 10.1 Å². The maximum Gasteiger partial charge on any atom is 0.411 e. The molecule has 0 aliphatic heterocycles. The van der Waals surface area contributed by atoms with Crippen LogP contribution in [0.25, 0.3) is 0 Å². The zero-order valence-corrected chi connectivity index (χ0v) is 10.7. The molecule has 0 bridgehead atoms. The average Bonchev–Trinajstić information content (AvgIpc) is 2.35. The monoisotopic (exact) mass is 279 g/mol. The first-order chi connectivity index (χ1) is 8.98.